The molecule has 0 saturated heterocycles. The number of aromatic nitrogens is 1. The maximum Gasteiger partial charge on any atom is 0.252 e. The lowest BCUT2D eigenvalue weighted by molar-refractivity contribution is 0.401. The highest BCUT2D eigenvalue weighted by molar-refractivity contribution is 7.89. The molecular formula is C17H22N2O4S. The maximum absolute atomic E-state index is 12.6. The van der Waals surface area contributed by atoms with Crippen LogP contribution in [0.4, 0.5) is 0 Å². The lowest BCUT2D eigenvalue weighted by Gasteiger charge is -2.14. The lowest BCUT2D eigenvalue weighted by atomic mass is 10.1. The highest BCUT2D eigenvalue weighted by atomic mass is 32.2. The summed E-state index contributed by atoms with van der Waals surface area (Å²) in [5, 5.41) is 0. The predicted octanol–water partition coefficient (Wildman–Crippen LogP) is 2.10. The Hall–Kier alpha value is -2.12. The molecule has 130 valence electrons. The van der Waals surface area contributed by atoms with Gasteiger partial charge in [-0.15, -0.1) is 0 Å². The average Bonchev–Trinajstić information content (AvgIpc) is 2.48. The summed E-state index contributed by atoms with van der Waals surface area (Å²) in [5.74, 6) is 0.278. The molecule has 0 fully saturated rings. The standard InChI is InChI=1S/C17H22N2O4S/c1-10-7-15(23-5)16(8-11(10)2)24(21,22)18-9-14-12(3)6-13(4)19-17(14)20/h6-8,18H,9H2,1-5H3,(H,19,20). The molecule has 0 aliphatic heterocycles. The number of methoxy groups -OCH3 is 1. The number of hydrogen-bond donors (Lipinski definition) is 2. The molecule has 0 aliphatic rings. The Labute approximate surface area is 141 Å². The van der Waals surface area contributed by atoms with Gasteiger partial charge in [0.05, 0.1) is 7.11 Å². The molecule has 0 spiro atoms. The summed E-state index contributed by atoms with van der Waals surface area (Å²) in [6.07, 6.45) is 0. The van der Waals surface area contributed by atoms with Gasteiger partial charge in [0.1, 0.15) is 10.6 Å². The second-order valence-corrected chi connectivity index (χ2v) is 7.59. The van der Waals surface area contributed by atoms with Gasteiger partial charge < -0.3 is 9.72 Å². The van der Waals surface area contributed by atoms with Gasteiger partial charge in [0, 0.05) is 17.8 Å². The van der Waals surface area contributed by atoms with Crippen molar-refractivity contribution in [3.05, 3.63) is 56.5 Å². The summed E-state index contributed by atoms with van der Waals surface area (Å²) >= 11 is 0. The van der Waals surface area contributed by atoms with E-state index >= 15 is 0 Å². The van der Waals surface area contributed by atoms with Crippen molar-refractivity contribution in [1.82, 2.24) is 9.71 Å². The summed E-state index contributed by atoms with van der Waals surface area (Å²) in [6, 6.07) is 5.07. The van der Waals surface area contributed by atoms with Crippen LogP contribution in [0.15, 0.2) is 27.9 Å². The molecule has 2 N–H and O–H groups in total. The lowest BCUT2D eigenvalue weighted by Crippen LogP contribution is -2.28. The number of hydrogen-bond acceptors (Lipinski definition) is 4. The normalized spacial score (nSPS) is 11.5. The monoisotopic (exact) mass is 350 g/mol. The largest absolute Gasteiger partial charge is 0.495 e. The zero-order valence-electron chi connectivity index (χ0n) is 14.5. The van der Waals surface area contributed by atoms with Gasteiger partial charge in [-0.05, 0) is 62.6 Å². The van der Waals surface area contributed by atoms with E-state index in [-0.39, 0.29) is 22.7 Å². The zero-order chi connectivity index (χ0) is 18.1. The van der Waals surface area contributed by atoms with E-state index in [0.29, 0.717) is 5.56 Å². The minimum Gasteiger partial charge on any atom is -0.495 e. The van der Waals surface area contributed by atoms with E-state index in [2.05, 4.69) is 9.71 Å². The molecule has 0 aliphatic carbocycles. The number of rotatable bonds is 5. The molecule has 24 heavy (non-hydrogen) atoms. The summed E-state index contributed by atoms with van der Waals surface area (Å²) in [4.78, 5) is 14.8. The van der Waals surface area contributed by atoms with Crippen molar-refractivity contribution in [1.29, 1.82) is 0 Å². The molecule has 0 unspecified atom stereocenters. The van der Waals surface area contributed by atoms with E-state index in [9.17, 15) is 13.2 Å². The van der Waals surface area contributed by atoms with Crippen molar-refractivity contribution in [3.8, 4) is 5.75 Å². The Morgan fingerprint density at radius 1 is 1.04 bits per heavy atom. The van der Waals surface area contributed by atoms with Crippen molar-refractivity contribution in [3.63, 3.8) is 0 Å². The Morgan fingerprint density at radius 3 is 2.25 bits per heavy atom. The first-order valence-corrected chi connectivity index (χ1v) is 8.98. The molecule has 2 aromatic rings. The first kappa shape index (κ1) is 18.2. The Kier molecular flexibility index (Phi) is 5.15. The van der Waals surface area contributed by atoms with Crippen LogP contribution in [0.1, 0.15) is 27.9 Å². The van der Waals surface area contributed by atoms with Crippen LogP contribution in [0.25, 0.3) is 0 Å². The van der Waals surface area contributed by atoms with Crippen LogP contribution in [0.5, 0.6) is 5.75 Å². The van der Waals surface area contributed by atoms with Crippen LogP contribution in [0.3, 0.4) is 0 Å². The molecule has 0 atom stereocenters. The van der Waals surface area contributed by atoms with Gasteiger partial charge >= 0.3 is 0 Å². The fourth-order valence-electron chi connectivity index (χ4n) is 2.48. The third-order valence-electron chi connectivity index (χ3n) is 4.00. The molecule has 1 aromatic heterocycles. The van der Waals surface area contributed by atoms with Gasteiger partial charge in [0.25, 0.3) is 5.56 Å². The molecule has 0 radical (unpaired) electrons. The summed E-state index contributed by atoms with van der Waals surface area (Å²) in [5.41, 5.74) is 3.37. The molecule has 0 bridgehead atoms. The number of sulfonamides is 1. The molecule has 2 rings (SSSR count). The highest BCUT2D eigenvalue weighted by Crippen LogP contribution is 2.27. The van der Waals surface area contributed by atoms with E-state index in [4.69, 9.17) is 4.74 Å². The fourth-order valence-corrected chi connectivity index (χ4v) is 3.71. The molecule has 1 aromatic carbocycles. The highest BCUT2D eigenvalue weighted by Gasteiger charge is 2.21. The van der Waals surface area contributed by atoms with Gasteiger partial charge in [-0.3, -0.25) is 4.79 Å². The molecular weight excluding hydrogens is 328 g/mol. The zero-order valence-corrected chi connectivity index (χ0v) is 15.3. The fraction of sp³-hybridized carbons (Fsp3) is 0.353. The summed E-state index contributed by atoms with van der Waals surface area (Å²) in [7, 11) is -2.38. The van der Waals surface area contributed by atoms with Gasteiger partial charge in [-0.2, -0.15) is 0 Å². The van der Waals surface area contributed by atoms with Crippen LogP contribution in [0.2, 0.25) is 0 Å². The first-order valence-electron chi connectivity index (χ1n) is 7.50. The van der Waals surface area contributed by atoms with Crippen LogP contribution in [-0.4, -0.2) is 20.5 Å². The number of ether oxygens (including phenoxy) is 1. The molecule has 7 heteroatoms. The van der Waals surface area contributed by atoms with Crippen LogP contribution in [-0.2, 0) is 16.6 Å². The predicted molar refractivity (Wildman–Crippen MR) is 93.0 cm³/mol. The van der Waals surface area contributed by atoms with E-state index in [1.54, 1.807) is 26.0 Å². The Balaban J connectivity index is 2.37. The van der Waals surface area contributed by atoms with Gasteiger partial charge in [0.2, 0.25) is 10.0 Å². The SMILES string of the molecule is COc1cc(C)c(C)cc1S(=O)(=O)NCc1c(C)cc(C)[nH]c1=O. The van der Waals surface area contributed by atoms with Crippen molar-refractivity contribution in [2.24, 2.45) is 0 Å². The van der Waals surface area contributed by atoms with Crippen molar-refractivity contribution in [2.75, 3.05) is 7.11 Å². The first-order chi connectivity index (χ1) is 11.2. The minimum atomic E-state index is -3.81. The Morgan fingerprint density at radius 2 is 1.67 bits per heavy atom. The molecule has 1 heterocycles. The van der Waals surface area contributed by atoms with E-state index < -0.39 is 10.0 Å². The quantitative estimate of drug-likeness (QED) is 0.864. The van der Waals surface area contributed by atoms with Crippen molar-refractivity contribution >= 4 is 10.0 Å². The smallest absolute Gasteiger partial charge is 0.252 e. The second kappa shape index (κ2) is 6.78. The second-order valence-electron chi connectivity index (χ2n) is 5.85. The topological polar surface area (TPSA) is 88.3 Å². The number of aryl methyl sites for hydroxylation is 4. The van der Waals surface area contributed by atoms with Gasteiger partial charge in [-0.1, -0.05) is 0 Å². The minimum absolute atomic E-state index is 0.0642. The summed E-state index contributed by atoms with van der Waals surface area (Å²) < 4.78 is 33.0. The Bertz CT molecular complexity index is 930. The van der Waals surface area contributed by atoms with Crippen molar-refractivity contribution < 1.29 is 13.2 Å². The van der Waals surface area contributed by atoms with Gasteiger partial charge in [-0.25, -0.2) is 13.1 Å². The maximum atomic E-state index is 12.6. The van der Waals surface area contributed by atoms with E-state index in [1.165, 1.54) is 7.11 Å². The third kappa shape index (κ3) is 3.68. The molecule has 6 nitrogen and oxygen atoms in total. The third-order valence-corrected chi connectivity index (χ3v) is 5.42. The van der Waals surface area contributed by atoms with E-state index in [0.717, 1.165) is 22.4 Å². The number of H-pyrrole nitrogens is 1. The van der Waals surface area contributed by atoms with Gasteiger partial charge in [0.15, 0.2) is 0 Å². The average molecular weight is 350 g/mol. The van der Waals surface area contributed by atoms with Crippen LogP contribution < -0.4 is 15.0 Å². The number of nitrogens with one attached hydrogen (secondary N) is 2. The van der Waals surface area contributed by atoms with Crippen LogP contribution in [0, 0.1) is 27.7 Å². The van der Waals surface area contributed by atoms with E-state index in [1.807, 2.05) is 19.9 Å². The number of benzene rings is 1. The number of aromatic amines is 1. The number of pyridine rings is 1. The summed E-state index contributed by atoms with van der Waals surface area (Å²) in [6.45, 7) is 7.20. The van der Waals surface area contributed by atoms with Crippen LogP contribution >= 0.6 is 0 Å². The molecule has 0 amide bonds. The molecule has 0 saturated carbocycles. The van der Waals surface area contributed by atoms with Crippen molar-refractivity contribution in [2.45, 2.75) is 39.1 Å².